The number of para-hydroxylation sites is 2. The highest BCUT2D eigenvalue weighted by Crippen LogP contribution is 2.29. The molecule has 0 aliphatic carbocycles. The summed E-state index contributed by atoms with van der Waals surface area (Å²) in [5.74, 6) is -0.0125. The van der Waals surface area contributed by atoms with E-state index >= 15 is 0 Å². The number of methoxy groups -OCH3 is 1. The number of benzene rings is 2. The summed E-state index contributed by atoms with van der Waals surface area (Å²) in [6.45, 7) is 2.31. The standard InChI is InChI=1S/C19H18N4O5/c1-3-28-17-7-5-4-6-15(17)21-12-13(11-20)19(24)22-16-9-8-14(23(25)26)10-18(16)27-2/h4-10,12,21H,3H2,1-2H3,(H,22,24)/b13-12-. The highest BCUT2D eigenvalue weighted by Gasteiger charge is 2.16. The van der Waals surface area contributed by atoms with Crippen molar-refractivity contribution in [2.75, 3.05) is 24.4 Å². The number of nitrogens with one attached hydrogen (secondary N) is 2. The highest BCUT2D eigenvalue weighted by atomic mass is 16.6. The number of nitrogens with zero attached hydrogens (tertiary/aromatic N) is 2. The number of hydrogen-bond acceptors (Lipinski definition) is 7. The summed E-state index contributed by atoms with van der Waals surface area (Å²) in [5.41, 5.74) is 0.415. The number of amides is 1. The van der Waals surface area contributed by atoms with Crippen LogP contribution in [-0.2, 0) is 4.79 Å². The fourth-order valence-corrected chi connectivity index (χ4v) is 2.25. The Hall–Kier alpha value is -4.06. The van der Waals surface area contributed by atoms with Crippen molar-refractivity contribution in [1.82, 2.24) is 0 Å². The van der Waals surface area contributed by atoms with Gasteiger partial charge in [0.25, 0.3) is 11.6 Å². The molecule has 1 amide bonds. The van der Waals surface area contributed by atoms with Crippen LogP contribution in [0.15, 0.2) is 54.2 Å². The van der Waals surface area contributed by atoms with E-state index in [9.17, 15) is 20.2 Å². The van der Waals surface area contributed by atoms with Crippen LogP contribution in [0.4, 0.5) is 17.1 Å². The van der Waals surface area contributed by atoms with Crippen LogP contribution in [0, 0.1) is 21.4 Å². The van der Waals surface area contributed by atoms with E-state index in [0.717, 1.165) is 0 Å². The topological polar surface area (TPSA) is 127 Å². The van der Waals surface area contributed by atoms with Crippen molar-refractivity contribution < 1.29 is 19.2 Å². The summed E-state index contributed by atoms with van der Waals surface area (Å²) >= 11 is 0. The number of ether oxygens (including phenoxy) is 2. The maximum atomic E-state index is 12.4. The van der Waals surface area contributed by atoms with Crippen molar-refractivity contribution >= 4 is 23.0 Å². The zero-order valence-corrected chi connectivity index (χ0v) is 15.3. The van der Waals surface area contributed by atoms with Crippen LogP contribution in [0.25, 0.3) is 0 Å². The number of carbonyl (C=O) groups excluding carboxylic acids is 1. The average Bonchev–Trinajstić information content (AvgIpc) is 2.70. The summed E-state index contributed by atoms with van der Waals surface area (Å²) in [6, 6.07) is 12.6. The third kappa shape index (κ3) is 4.98. The molecule has 0 aliphatic heterocycles. The van der Waals surface area contributed by atoms with Crippen LogP contribution in [0.3, 0.4) is 0 Å². The molecule has 9 nitrogen and oxygen atoms in total. The van der Waals surface area contributed by atoms with E-state index in [1.807, 2.05) is 13.0 Å². The first-order valence-corrected chi connectivity index (χ1v) is 8.22. The molecular weight excluding hydrogens is 364 g/mol. The van der Waals surface area contributed by atoms with Crippen molar-refractivity contribution in [2.24, 2.45) is 0 Å². The summed E-state index contributed by atoms with van der Waals surface area (Å²) in [6.07, 6.45) is 1.26. The Morgan fingerprint density at radius 3 is 2.64 bits per heavy atom. The van der Waals surface area contributed by atoms with Gasteiger partial charge in [-0.25, -0.2) is 0 Å². The minimum Gasteiger partial charge on any atom is -0.494 e. The Balaban J connectivity index is 2.19. The molecule has 2 rings (SSSR count). The van der Waals surface area contributed by atoms with Gasteiger partial charge in [0, 0.05) is 12.3 Å². The van der Waals surface area contributed by atoms with Crippen molar-refractivity contribution in [2.45, 2.75) is 6.92 Å². The van der Waals surface area contributed by atoms with Gasteiger partial charge in [-0.1, -0.05) is 12.1 Å². The van der Waals surface area contributed by atoms with Crippen molar-refractivity contribution in [3.63, 3.8) is 0 Å². The molecule has 0 spiro atoms. The van der Waals surface area contributed by atoms with E-state index in [2.05, 4.69) is 10.6 Å². The predicted molar refractivity (Wildman–Crippen MR) is 103 cm³/mol. The van der Waals surface area contributed by atoms with Gasteiger partial charge >= 0.3 is 0 Å². The molecular formula is C19H18N4O5. The first kappa shape index (κ1) is 20.3. The Labute approximate surface area is 161 Å². The summed E-state index contributed by atoms with van der Waals surface area (Å²) in [5, 5.41) is 25.5. The van der Waals surface area contributed by atoms with Crippen molar-refractivity contribution in [1.29, 1.82) is 5.26 Å². The number of nitro groups is 1. The Kier molecular flexibility index (Phi) is 6.93. The molecule has 0 bridgehead atoms. The molecule has 2 aromatic carbocycles. The smallest absolute Gasteiger partial charge is 0.273 e. The Bertz CT molecular complexity index is 950. The maximum Gasteiger partial charge on any atom is 0.273 e. The molecule has 0 aromatic heterocycles. The van der Waals surface area contributed by atoms with E-state index in [4.69, 9.17) is 9.47 Å². The van der Waals surface area contributed by atoms with Gasteiger partial charge < -0.3 is 20.1 Å². The third-order valence-electron chi connectivity index (χ3n) is 3.57. The molecule has 0 saturated carbocycles. The predicted octanol–water partition coefficient (Wildman–Crippen LogP) is 3.46. The summed E-state index contributed by atoms with van der Waals surface area (Å²) in [7, 11) is 1.32. The number of nitro benzene ring substituents is 1. The van der Waals surface area contributed by atoms with E-state index < -0.39 is 10.8 Å². The molecule has 0 radical (unpaired) electrons. The number of non-ortho nitro benzene ring substituents is 1. The first-order valence-electron chi connectivity index (χ1n) is 8.22. The number of rotatable bonds is 8. The van der Waals surface area contributed by atoms with Gasteiger partial charge in [-0.2, -0.15) is 5.26 Å². The molecule has 144 valence electrons. The largest absolute Gasteiger partial charge is 0.494 e. The zero-order chi connectivity index (χ0) is 20.5. The lowest BCUT2D eigenvalue weighted by Crippen LogP contribution is -2.15. The molecule has 0 saturated heterocycles. The second kappa shape index (κ2) is 9.59. The molecule has 9 heteroatoms. The van der Waals surface area contributed by atoms with E-state index in [-0.39, 0.29) is 22.7 Å². The van der Waals surface area contributed by atoms with Crippen LogP contribution in [0.1, 0.15) is 6.92 Å². The second-order valence-electron chi connectivity index (χ2n) is 5.34. The van der Waals surface area contributed by atoms with Crippen LogP contribution in [0.5, 0.6) is 11.5 Å². The van der Waals surface area contributed by atoms with Gasteiger partial charge in [0.2, 0.25) is 0 Å². The van der Waals surface area contributed by atoms with Crippen LogP contribution in [-0.4, -0.2) is 24.5 Å². The lowest BCUT2D eigenvalue weighted by molar-refractivity contribution is -0.384. The van der Waals surface area contributed by atoms with Crippen LogP contribution < -0.4 is 20.1 Å². The average molecular weight is 382 g/mol. The van der Waals surface area contributed by atoms with Gasteiger partial charge in [0.1, 0.15) is 23.1 Å². The first-order chi connectivity index (χ1) is 13.5. The molecule has 0 aliphatic rings. The van der Waals surface area contributed by atoms with E-state index in [1.165, 1.54) is 31.5 Å². The van der Waals surface area contributed by atoms with Gasteiger partial charge in [0.05, 0.1) is 36.1 Å². The number of hydrogen-bond donors (Lipinski definition) is 2. The maximum absolute atomic E-state index is 12.4. The Morgan fingerprint density at radius 2 is 2.00 bits per heavy atom. The quantitative estimate of drug-likeness (QED) is 0.310. The van der Waals surface area contributed by atoms with Crippen LogP contribution >= 0.6 is 0 Å². The van der Waals surface area contributed by atoms with Gasteiger partial charge in [-0.3, -0.25) is 14.9 Å². The third-order valence-corrected chi connectivity index (χ3v) is 3.57. The minimum absolute atomic E-state index is 0.106. The molecule has 0 unspecified atom stereocenters. The minimum atomic E-state index is -0.698. The fourth-order valence-electron chi connectivity index (χ4n) is 2.25. The molecule has 2 aromatic rings. The summed E-state index contributed by atoms with van der Waals surface area (Å²) in [4.78, 5) is 22.7. The number of nitriles is 1. The zero-order valence-electron chi connectivity index (χ0n) is 15.3. The molecule has 28 heavy (non-hydrogen) atoms. The monoisotopic (exact) mass is 382 g/mol. The van der Waals surface area contributed by atoms with Gasteiger partial charge in [-0.15, -0.1) is 0 Å². The van der Waals surface area contributed by atoms with Crippen LogP contribution in [0.2, 0.25) is 0 Å². The SMILES string of the molecule is CCOc1ccccc1N/C=C(/C#N)C(=O)Nc1ccc([N+](=O)[O-])cc1OC. The fraction of sp³-hybridized carbons (Fsp3) is 0.158. The molecule has 2 N–H and O–H groups in total. The number of carbonyl (C=O) groups is 1. The van der Waals surface area contributed by atoms with Gasteiger partial charge in [-0.05, 0) is 25.1 Å². The van der Waals surface area contributed by atoms with Crippen molar-refractivity contribution in [3.8, 4) is 17.6 Å². The lowest BCUT2D eigenvalue weighted by Gasteiger charge is -2.11. The highest BCUT2D eigenvalue weighted by molar-refractivity contribution is 6.07. The van der Waals surface area contributed by atoms with Gasteiger partial charge in [0.15, 0.2) is 0 Å². The van der Waals surface area contributed by atoms with E-state index in [0.29, 0.717) is 18.0 Å². The Morgan fingerprint density at radius 1 is 1.25 bits per heavy atom. The lowest BCUT2D eigenvalue weighted by atomic mass is 10.2. The molecule has 0 heterocycles. The number of anilines is 2. The second-order valence-corrected chi connectivity index (χ2v) is 5.34. The van der Waals surface area contributed by atoms with Crippen molar-refractivity contribution in [3.05, 3.63) is 64.4 Å². The van der Waals surface area contributed by atoms with E-state index in [1.54, 1.807) is 24.3 Å². The summed E-state index contributed by atoms with van der Waals surface area (Å²) < 4.78 is 10.5. The molecule has 0 fully saturated rings. The molecule has 0 atom stereocenters. The normalized spacial score (nSPS) is 10.5.